The number of fused-ring (bicyclic) bond motifs is 1. The Morgan fingerprint density at radius 3 is 2.77 bits per heavy atom. The standard InChI is InChI=1S/C17H14N4O4S/c22-14(9-4-5-9)21-16-19-12-6-7-13(20-15(12)26-16)25-11-3-1-2-10(8-11)18-17(23)24/h1-3,6-9,18H,4-5H2,(H,23,24)(H,19,21,22). The number of amides is 2. The molecule has 0 radical (unpaired) electrons. The van der Waals surface area contributed by atoms with E-state index in [1.807, 2.05) is 0 Å². The van der Waals surface area contributed by atoms with Crippen molar-refractivity contribution in [1.82, 2.24) is 9.97 Å². The first-order valence-electron chi connectivity index (χ1n) is 7.93. The van der Waals surface area contributed by atoms with E-state index >= 15 is 0 Å². The van der Waals surface area contributed by atoms with Crippen LogP contribution in [0.15, 0.2) is 36.4 Å². The Balaban J connectivity index is 1.51. The van der Waals surface area contributed by atoms with Gasteiger partial charge in [-0.25, -0.2) is 14.8 Å². The van der Waals surface area contributed by atoms with Crippen molar-refractivity contribution in [2.75, 3.05) is 10.6 Å². The Bertz CT molecular complexity index is 999. The van der Waals surface area contributed by atoms with Crippen molar-refractivity contribution in [2.45, 2.75) is 12.8 Å². The monoisotopic (exact) mass is 370 g/mol. The first-order valence-corrected chi connectivity index (χ1v) is 8.75. The van der Waals surface area contributed by atoms with Gasteiger partial charge in [0.05, 0.1) is 0 Å². The van der Waals surface area contributed by atoms with Crippen molar-refractivity contribution in [3.63, 3.8) is 0 Å². The van der Waals surface area contributed by atoms with Gasteiger partial charge in [-0.3, -0.25) is 10.1 Å². The molecule has 1 aliphatic carbocycles. The Kier molecular flexibility index (Phi) is 4.13. The van der Waals surface area contributed by atoms with Crippen molar-refractivity contribution in [1.29, 1.82) is 0 Å². The summed E-state index contributed by atoms with van der Waals surface area (Å²) in [7, 11) is 0. The number of carboxylic acid groups (broad SMARTS) is 1. The topological polar surface area (TPSA) is 113 Å². The molecule has 2 heterocycles. The Hall–Kier alpha value is -3.20. The molecule has 1 aliphatic rings. The van der Waals surface area contributed by atoms with Gasteiger partial charge in [0.25, 0.3) is 0 Å². The second-order valence-electron chi connectivity index (χ2n) is 5.82. The molecule has 3 aromatic rings. The van der Waals surface area contributed by atoms with E-state index in [0.29, 0.717) is 32.8 Å². The number of rotatable bonds is 5. The number of carbonyl (C=O) groups is 2. The molecule has 26 heavy (non-hydrogen) atoms. The lowest BCUT2D eigenvalue weighted by Crippen LogP contribution is -2.12. The highest BCUT2D eigenvalue weighted by Gasteiger charge is 2.30. The van der Waals surface area contributed by atoms with E-state index in [-0.39, 0.29) is 11.8 Å². The summed E-state index contributed by atoms with van der Waals surface area (Å²) in [6, 6.07) is 10.00. The summed E-state index contributed by atoms with van der Waals surface area (Å²) >= 11 is 1.28. The maximum atomic E-state index is 11.8. The molecule has 0 spiro atoms. The van der Waals surface area contributed by atoms with Gasteiger partial charge < -0.3 is 15.2 Å². The van der Waals surface area contributed by atoms with Gasteiger partial charge in [-0.05, 0) is 31.0 Å². The predicted molar refractivity (Wildman–Crippen MR) is 96.9 cm³/mol. The first kappa shape index (κ1) is 16.3. The van der Waals surface area contributed by atoms with Gasteiger partial charge >= 0.3 is 6.09 Å². The summed E-state index contributed by atoms with van der Waals surface area (Å²) in [5.74, 6) is 0.924. The molecule has 1 saturated carbocycles. The molecule has 9 heteroatoms. The summed E-state index contributed by atoms with van der Waals surface area (Å²) in [6.07, 6.45) is 0.720. The van der Waals surface area contributed by atoms with Crippen molar-refractivity contribution >= 4 is 44.5 Å². The van der Waals surface area contributed by atoms with E-state index in [9.17, 15) is 9.59 Å². The van der Waals surface area contributed by atoms with Crippen LogP contribution in [-0.4, -0.2) is 27.1 Å². The SMILES string of the molecule is O=C(O)Nc1cccc(Oc2ccc3nc(NC(=O)C4CC4)sc3n2)c1. The molecular weight excluding hydrogens is 356 g/mol. The van der Waals surface area contributed by atoms with Gasteiger partial charge in [0.1, 0.15) is 16.1 Å². The van der Waals surface area contributed by atoms with Gasteiger partial charge in [-0.1, -0.05) is 17.4 Å². The zero-order valence-electron chi connectivity index (χ0n) is 13.4. The quantitative estimate of drug-likeness (QED) is 0.627. The average Bonchev–Trinajstić information content (AvgIpc) is 3.36. The van der Waals surface area contributed by atoms with Crippen LogP contribution in [0.3, 0.4) is 0 Å². The lowest BCUT2D eigenvalue weighted by atomic mass is 10.3. The summed E-state index contributed by atoms with van der Waals surface area (Å²) in [5.41, 5.74) is 1.08. The average molecular weight is 370 g/mol. The third kappa shape index (κ3) is 3.72. The summed E-state index contributed by atoms with van der Waals surface area (Å²) in [6.45, 7) is 0. The van der Waals surface area contributed by atoms with Gasteiger partial charge in [0, 0.05) is 23.7 Å². The number of aromatic nitrogens is 2. The zero-order valence-corrected chi connectivity index (χ0v) is 14.2. The Morgan fingerprint density at radius 2 is 2.00 bits per heavy atom. The number of nitrogens with one attached hydrogen (secondary N) is 2. The second kappa shape index (κ2) is 6.60. The molecule has 0 saturated heterocycles. The molecule has 132 valence electrons. The highest BCUT2D eigenvalue weighted by atomic mass is 32.1. The molecule has 3 N–H and O–H groups in total. The van der Waals surface area contributed by atoms with Gasteiger partial charge in [-0.2, -0.15) is 0 Å². The van der Waals surface area contributed by atoms with Crippen molar-refractivity contribution in [2.24, 2.45) is 5.92 Å². The number of thiazole rings is 1. The lowest BCUT2D eigenvalue weighted by molar-refractivity contribution is -0.117. The van der Waals surface area contributed by atoms with Gasteiger partial charge in [0.2, 0.25) is 11.8 Å². The van der Waals surface area contributed by atoms with Crippen LogP contribution < -0.4 is 15.4 Å². The van der Waals surface area contributed by atoms with E-state index in [4.69, 9.17) is 9.84 Å². The molecule has 0 bridgehead atoms. The summed E-state index contributed by atoms with van der Waals surface area (Å²) < 4.78 is 5.69. The molecule has 1 fully saturated rings. The molecular formula is C17H14N4O4S. The molecule has 0 aliphatic heterocycles. The predicted octanol–water partition coefficient (Wildman–Crippen LogP) is 3.92. The fourth-order valence-corrected chi connectivity index (χ4v) is 3.18. The Labute approximate surface area is 151 Å². The molecule has 2 aromatic heterocycles. The highest BCUT2D eigenvalue weighted by molar-refractivity contribution is 7.21. The maximum absolute atomic E-state index is 11.8. The molecule has 0 unspecified atom stereocenters. The van der Waals surface area contributed by atoms with Crippen LogP contribution in [0.4, 0.5) is 15.6 Å². The number of pyridine rings is 1. The second-order valence-corrected chi connectivity index (χ2v) is 6.79. The van der Waals surface area contributed by atoms with E-state index in [1.165, 1.54) is 11.3 Å². The number of hydrogen-bond acceptors (Lipinski definition) is 6. The minimum Gasteiger partial charge on any atom is -0.465 e. The van der Waals surface area contributed by atoms with Crippen LogP contribution in [0.1, 0.15) is 12.8 Å². The van der Waals surface area contributed by atoms with Crippen molar-refractivity contribution in [3.05, 3.63) is 36.4 Å². The van der Waals surface area contributed by atoms with E-state index < -0.39 is 6.09 Å². The first-order chi connectivity index (χ1) is 12.6. The molecule has 2 amide bonds. The van der Waals surface area contributed by atoms with E-state index in [0.717, 1.165) is 12.8 Å². The van der Waals surface area contributed by atoms with E-state index in [1.54, 1.807) is 36.4 Å². The molecule has 1 aromatic carbocycles. The highest BCUT2D eigenvalue weighted by Crippen LogP contribution is 2.32. The molecule has 4 rings (SSSR count). The molecule has 0 atom stereocenters. The molecule has 8 nitrogen and oxygen atoms in total. The fourth-order valence-electron chi connectivity index (χ4n) is 2.34. The van der Waals surface area contributed by atoms with Crippen LogP contribution in [0, 0.1) is 5.92 Å². The number of anilines is 2. The van der Waals surface area contributed by atoms with Crippen molar-refractivity contribution in [3.8, 4) is 11.6 Å². The minimum absolute atomic E-state index is 0.00303. The number of carbonyl (C=O) groups excluding carboxylic acids is 1. The number of hydrogen-bond donors (Lipinski definition) is 3. The smallest absolute Gasteiger partial charge is 0.409 e. The number of benzene rings is 1. The van der Waals surface area contributed by atoms with Crippen LogP contribution in [0.2, 0.25) is 0 Å². The van der Waals surface area contributed by atoms with Crippen molar-refractivity contribution < 1.29 is 19.4 Å². The number of ether oxygens (including phenoxy) is 1. The zero-order chi connectivity index (χ0) is 18.1. The van der Waals surface area contributed by atoms with Crippen LogP contribution >= 0.6 is 11.3 Å². The maximum Gasteiger partial charge on any atom is 0.409 e. The van der Waals surface area contributed by atoms with E-state index in [2.05, 4.69) is 20.6 Å². The van der Waals surface area contributed by atoms with Crippen LogP contribution in [-0.2, 0) is 4.79 Å². The lowest BCUT2D eigenvalue weighted by Gasteiger charge is -2.06. The Morgan fingerprint density at radius 1 is 1.15 bits per heavy atom. The minimum atomic E-state index is -1.15. The van der Waals surface area contributed by atoms with Gasteiger partial charge in [0.15, 0.2) is 5.13 Å². The van der Waals surface area contributed by atoms with Crippen LogP contribution in [0.25, 0.3) is 10.3 Å². The van der Waals surface area contributed by atoms with Crippen LogP contribution in [0.5, 0.6) is 11.6 Å². The summed E-state index contributed by atoms with van der Waals surface area (Å²) in [4.78, 5) is 31.9. The largest absolute Gasteiger partial charge is 0.465 e. The number of nitrogens with zero attached hydrogens (tertiary/aromatic N) is 2. The third-order valence-corrected chi connectivity index (χ3v) is 4.60. The normalized spacial score (nSPS) is 13.4. The van der Waals surface area contributed by atoms with Gasteiger partial charge in [-0.15, -0.1) is 0 Å². The fraction of sp³-hybridized carbons (Fsp3) is 0.176. The summed E-state index contributed by atoms with van der Waals surface area (Å²) in [5, 5.41) is 14.4. The third-order valence-electron chi connectivity index (χ3n) is 3.72.